The van der Waals surface area contributed by atoms with Crippen LogP contribution in [0.2, 0.25) is 10.3 Å². The predicted molar refractivity (Wildman–Crippen MR) is 50.1 cm³/mol. The molecule has 0 fully saturated rings. The highest BCUT2D eigenvalue weighted by Gasteiger charge is 2.13. The Bertz CT molecular complexity index is 384. The molecule has 1 rings (SSSR count). The number of carbonyl (C=O) groups is 1. The summed E-state index contributed by atoms with van der Waals surface area (Å²) in [5.74, 6) is -0.343. The number of halogens is 2. The molecule has 0 amide bonds. The molecule has 0 bridgehead atoms. The molecule has 1 heterocycles. The quantitative estimate of drug-likeness (QED) is 0.431. The van der Waals surface area contributed by atoms with E-state index < -0.39 is 0 Å². The van der Waals surface area contributed by atoms with Crippen LogP contribution in [0.15, 0.2) is 12.1 Å². The zero-order valence-corrected chi connectivity index (χ0v) is 7.93. The minimum absolute atomic E-state index is 0.0427. The lowest BCUT2D eigenvalue weighted by Gasteiger charge is -1.97. The molecule has 0 atom stereocenters. The number of ketones is 1. The lowest BCUT2D eigenvalue weighted by atomic mass is 10.2. The maximum absolute atomic E-state index is 11.2. The summed E-state index contributed by atoms with van der Waals surface area (Å²) in [7, 11) is 0. The summed E-state index contributed by atoms with van der Waals surface area (Å²) in [6.45, 7) is 6.29. The van der Waals surface area contributed by atoms with Crippen LogP contribution in [0.3, 0.4) is 0 Å². The molecule has 0 aliphatic rings. The van der Waals surface area contributed by atoms with Gasteiger partial charge in [-0.25, -0.2) is 11.6 Å². The van der Waals surface area contributed by atoms with E-state index in [1.54, 1.807) is 0 Å². The van der Waals surface area contributed by atoms with Crippen molar-refractivity contribution in [3.63, 3.8) is 0 Å². The fraction of sp³-hybridized carbons (Fsp3) is 0.125. The molecule has 66 valence electrons. The van der Waals surface area contributed by atoms with Gasteiger partial charge in [-0.3, -0.25) is 4.79 Å². The van der Waals surface area contributed by atoms with Crippen LogP contribution in [0, 0.1) is 6.57 Å². The third-order valence-corrected chi connectivity index (χ3v) is 1.84. The molecule has 13 heavy (non-hydrogen) atoms. The van der Waals surface area contributed by atoms with Gasteiger partial charge in [0, 0.05) is 0 Å². The van der Waals surface area contributed by atoms with Gasteiger partial charge in [-0.05, 0) is 12.1 Å². The number of rotatable bonds is 2. The second-order valence-corrected chi connectivity index (χ2v) is 2.96. The number of nitrogens with zero attached hydrogens (tertiary/aromatic N) is 2. The predicted octanol–water partition coefficient (Wildman–Crippen LogP) is 2.49. The van der Waals surface area contributed by atoms with Gasteiger partial charge in [0.05, 0.1) is 5.56 Å². The molecule has 0 aliphatic heterocycles. The molecule has 5 heteroatoms. The van der Waals surface area contributed by atoms with Crippen molar-refractivity contribution in [2.24, 2.45) is 0 Å². The van der Waals surface area contributed by atoms with Crippen LogP contribution >= 0.6 is 23.2 Å². The Morgan fingerprint density at radius 1 is 1.54 bits per heavy atom. The van der Waals surface area contributed by atoms with E-state index >= 15 is 0 Å². The Morgan fingerprint density at radius 2 is 2.23 bits per heavy atom. The minimum Gasteiger partial charge on any atom is -0.308 e. The van der Waals surface area contributed by atoms with Gasteiger partial charge in [-0.2, -0.15) is 0 Å². The summed E-state index contributed by atoms with van der Waals surface area (Å²) < 4.78 is 0. The molecule has 0 aliphatic carbocycles. The van der Waals surface area contributed by atoms with E-state index in [1.807, 2.05) is 0 Å². The maximum atomic E-state index is 11.2. The van der Waals surface area contributed by atoms with Crippen LogP contribution in [0.25, 0.3) is 4.85 Å². The van der Waals surface area contributed by atoms with Crippen molar-refractivity contribution in [1.29, 1.82) is 0 Å². The first-order chi connectivity index (χ1) is 6.15. The summed E-state index contributed by atoms with van der Waals surface area (Å²) >= 11 is 11.2. The van der Waals surface area contributed by atoms with Crippen LogP contribution in [0.5, 0.6) is 0 Å². The topological polar surface area (TPSA) is 34.3 Å². The smallest absolute Gasteiger partial charge is 0.276 e. The van der Waals surface area contributed by atoms with Gasteiger partial charge in [-0.1, -0.05) is 23.2 Å². The third kappa shape index (κ3) is 2.41. The molecule has 0 unspecified atom stereocenters. The van der Waals surface area contributed by atoms with Crippen molar-refractivity contribution in [3.05, 3.63) is 39.4 Å². The number of hydrogen-bond donors (Lipinski definition) is 0. The highest BCUT2D eigenvalue weighted by molar-refractivity contribution is 6.34. The van der Waals surface area contributed by atoms with E-state index in [2.05, 4.69) is 9.83 Å². The highest BCUT2D eigenvalue weighted by Crippen LogP contribution is 2.16. The molecule has 0 radical (unpaired) electrons. The van der Waals surface area contributed by atoms with Crippen molar-refractivity contribution in [2.45, 2.75) is 0 Å². The molecule has 0 saturated carbocycles. The zero-order valence-electron chi connectivity index (χ0n) is 6.42. The van der Waals surface area contributed by atoms with Crippen molar-refractivity contribution in [2.75, 3.05) is 6.54 Å². The lowest BCUT2D eigenvalue weighted by Crippen LogP contribution is -2.03. The average Bonchev–Trinajstić information content (AvgIpc) is 2.04. The summed E-state index contributed by atoms with van der Waals surface area (Å²) in [4.78, 5) is 17.8. The molecule has 0 N–H and O–H groups in total. The molecule has 0 aromatic carbocycles. The number of Topliss-reactive ketones (excluding diaryl/α,β-unsaturated/α-hetero) is 1. The first-order valence-electron chi connectivity index (χ1n) is 3.33. The van der Waals surface area contributed by atoms with Crippen molar-refractivity contribution in [1.82, 2.24) is 4.98 Å². The van der Waals surface area contributed by atoms with Gasteiger partial charge in [0.1, 0.15) is 10.3 Å². The minimum atomic E-state index is -0.343. The second-order valence-electron chi connectivity index (χ2n) is 2.21. The van der Waals surface area contributed by atoms with E-state index in [4.69, 9.17) is 29.8 Å². The zero-order chi connectivity index (χ0) is 9.84. The van der Waals surface area contributed by atoms with Crippen LogP contribution in [0.4, 0.5) is 0 Å². The second kappa shape index (κ2) is 4.22. The molecule has 1 aromatic heterocycles. The van der Waals surface area contributed by atoms with Crippen LogP contribution < -0.4 is 0 Å². The Labute approximate surface area is 85.1 Å². The van der Waals surface area contributed by atoms with Crippen molar-refractivity contribution >= 4 is 29.0 Å². The summed E-state index contributed by atoms with van der Waals surface area (Å²) in [5, 5.41) is 0.269. The number of pyridine rings is 1. The third-order valence-electron chi connectivity index (χ3n) is 1.34. The largest absolute Gasteiger partial charge is 0.308 e. The van der Waals surface area contributed by atoms with Crippen molar-refractivity contribution in [3.8, 4) is 0 Å². The number of aromatic nitrogens is 1. The summed E-state index contributed by atoms with van der Waals surface area (Å²) in [6.07, 6.45) is 0. The van der Waals surface area contributed by atoms with Gasteiger partial charge in [0.15, 0.2) is 0 Å². The number of carbonyl (C=O) groups excluding carboxylic acids is 1. The Hall–Kier alpha value is -1.11. The van der Waals surface area contributed by atoms with E-state index in [1.165, 1.54) is 12.1 Å². The standard InChI is InChI=1S/C8H4Cl2N2O/c1-11-4-6(13)5-2-3-7(9)12-8(5)10/h2-3H,4H2. The van der Waals surface area contributed by atoms with Gasteiger partial charge >= 0.3 is 0 Å². The monoisotopic (exact) mass is 214 g/mol. The summed E-state index contributed by atoms with van der Waals surface area (Å²) in [5.41, 5.74) is 0.238. The number of hydrogen-bond acceptors (Lipinski definition) is 2. The van der Waals surface area contributed by atoms with E-state index in [0.29, 0.717) is 0 Å². The first kappa shape index (κ1) is 9.97. The normalized spacial score (nSPS) is 9.31. The Morgan fingerprint density at radius 3 is 2.77 bits per heavy atom. The fourth-order valence-electron chi connectivity index (χ4n) is 0.777. The molecule has 0 saturated heterocycles. The van der Waals surface area contributed by atoms with E-state index in [0.717, 1.165) is 0 Å². The average molecular weight is 215 g/mol. The lowest BCUT2D eigenvalue weighted by molar-refractivity contribution is 0.101. The highest BCUT2D eigenvalue weighted by atomic mass is 35.5. The van der Waals surface area contributed by atoms with Gasteiger partial charge in [-0.15, -0.1) is 0 Å². The van der Waals surface area contributed by atoms with Crippen LogP contribution in [-0.2, 0) is 0 Å². The SMILES string of the molecule is [C-]#[N+]CC(=O)c1ccc(Cl)nc1Cl. The fourth-order valence-corrected chi connectivity index (χ4v) is 1.23. The molecule has 0 spiro atoms. The molecule has 3 nitrogen and oxygen atoms in total. The molecular weight excluding hydrogens is 211 g/mol. The maximum Gasteiger partial charge on any atom is 0.276 e. The molecular formula is C8H4Cl2N2O. The van der Waals surface area contributed by atoms with Crippen molar-refractivity contribution < 1.29 is 4.79 Å². The first-order valence-corrected chi connectivity index (χ1v) is 4.09. The van der Waals surface area contributed by atoms with Gasteiger partial charge < -0.3 is 4.85 Å². The summed E-state index contributed by atoms with van der Waals surface area (Å²) in [6, 6.07) is 2.93. The Kier molecular flexibility index (Phi) is 3.24. The molecule has 1 aromatic rings. The van der Waals surface area contributed by atoms with Crippen LogP contribution in [0.1, 0.15) is 10.4 Å². The van der Waals surface area contributed by atoms with E-state index in [9.17, 15) is 4.79 Å². The van der Waals surface area contributed by atoms with Crippen LogP contribution in [-0.4, -0.2) is 17.3 Å². The van der Waals surface area contributed by atoms with Gasteiger partial charge in [0.2, 0.25) is 5.78 Å². The van der Waals surface area contributed by atoms with Gasteiger partial charge in [0.25, 0.3) is 6.54 Å². The Balaban J connectivity index is 3.03. The van der Waals surface area contributed by atoms with E-state index in [-0.39, 0.29) is 28.2 Å².